The summed E-state index contributed by atoms with van der Waals surface area (Å²) in [6.45, 7) is 7.73. The number of likely N-dealkylation sites (tertiary alicyclic amines) is 1. The molecule has 2 amide bonds. The van der Waals surface area contributed by atoms with E-state index in [0.29, 0.717) is 26.1 Å². The predicted molar refractivity (Wildman–Crippen MR) is 99.2 cm³/mol. The molecule has 0 aliphatic carbocycles. The molecule has 1 aliphatic heterocycles. The van der Waals surface area contributed by atoms with Crippen molar-refractivity contribution in [2.45, 2.75) is 52.2 Å². The first-order chi connectivity index (χ1) is 11.8. The maximum absolute atomic E-state index is 12.4. The van der Waals surface area contributed by atoms with E-state index in [1.165, 1.54) is 0 Å². The van der Waals surface area contributed by atoms with Gasteiger partial charge in [-0.15, -0.1) is 0 Å². The summed E-state index contributed by atoms with van der Waals surface area (Å²) in [5, 5.41) is 23.0. The second-order valence-electron chi connectivity index (χ2n) is 8.06. The monoisotopic (exact) mass is 348 g/mol. The van der Waals surface area contributed by atoms with E-state index in [9.17, 15) is 15.0 Å². The van der Waals surface area contributed by atoms with Crippen LogP contribution in [0.2, 0.25) is 0 Å². The highest BCUT2D eigenvalue weighted by molar-refractivity contribution is 5.74. The molecule has 3 N–H and O–H groups in total. The second kappa shape index (κ2) is 8.68. The number of carbonyl (C=O) groups excluding carboxylic acids is 1. The van der Waals surface area contributed by atoms with E-state index in [2.05, 4.69) is 5.32 Å². The Hall–Kier alpha value is -1.59. The SMILES string of the molecule is CC(O)CC(C)(C)CNC(=O)N1CCC(C(O)c2ccccc2)CC1. The maximum atomic E-state index is 12.4. The summed E-state index contributed by atoms with van der Waals surface area (Å²) >= 11 is 0. The van der Waals surface area contributed by atoms with Crippen LogP contribution in [0.5, 0.6) is 0 Å². The van der Waals surface area contributed by atoms with Crippen LogP contribution in [-0.4, -0.2) is 46.9 Å². The molecule has 0 radical (unpaired) electrons. The summed E-state index contributed by atoms with van der Waals surface area (Å²) in [5.74, 6) is 0.193. The van der Waals surface area contributed by atoms with Crippen LogP contribution in [0.1, 0.15) is 51.7 Å². The summed E-state index contributed by atoms with van der Waals surface area (Å²) < 4.78 is 0. The smallest absolute Gasteiger partial charge is 0.317 e. The maximum Gasteiger partial charge on any atom is 0.317 e. The van der Waals surface area contributed by atoms with Crippen LogP contribution >= 0.6 is 0 Å². The van der Waals surface area contributed by atoms with Crippen molar-refractivity contribution in [1.29, 1.82) is 0 Å². The molecule has 5 heteroatoms. The fraction of sp³-hybridized carbons (Fsp3) is 0.650. The number of hydrogen-bond acceptors (Lipinski definition) is 3. The van der Waals surface area contributed by atoms with Gasteiger partial charge in [0.25, 0.3) is 0 Å². The number of aliphatic hydroxyl groups excluding tert-OH is 2. The molecule has 5 nitrogen and oxygen atoms in total. The topological polar surface area (TPSA) is 72.8 Å². The Morgan fingerprint density at radius 1 is 1.24 bits per heavy atom. The van der Waals surface area contributed by atoms with Gasteiger partial charge in [0.2, 0.25) is 0 Å². The van der Waals surface area contributed by atoms with E-state index in [0.717, 1.165) is 18.4 Å². The van der Waals surface area contributed by atoms with E-state index in [-0.39, 0.29) is 23.5 Å². The van der Waals surface area contributed by atoms with E-state index >= 15 is 0 Å². The summed E-state index contributed by atoms with van der Waals surface area (Å²) in [7, 11) is 0. The number of amides is 2. The van der Waals surface area contributed by atoms with Crippen molar-refractivity contribution < 1.29 is 15.0 Å². The molecule has 1 saturated heterocycles. The Morgan fingerprint density at radius 2 is 1.84 bits per heavy atom. The van der Waals surface area contributed by atoms with Crippen LogP contribution in [0, 0.1) is 11.3 Å². The zero-order chi connectivity index (χ0) is 18.4. The van der Waals surface area contributed by atoms with Crippen molar-refractivity contribution in [2.24, 2.45) is 11.3 Å². The number of carbonyl (C=O) groups is 1. The quantitative estimate of drug-likeness (QED) is 0.740. The van der Waals surface area contributed by atoms with Crippen LogP contribution in [0.3, 0.4) is 0 Å². The van der Waals surface area contributed by atoms with Gasteiger partial charge in [-0.3, -0.25) is 0 Å². The fourth-order valence-electron chi connectivity index (χ4n) is 3.64. The first-order valence-electron chi connectivity index (χ1n) is 9.22. The molecule has 0 bridgehead atoms. The van der Waals surface area contributed by atoms with E-state index in [1.54, 1.807) is 6.92 Å². The third-order valence-electron chi connectivity index (χ3n) is 4.98. The highest BCUT2D eigenvalue weighted by Gasteiger charge is 2.29. The van der Waals surface area contributed by atoms with Crippen molar-refractivity contribution >= 4 is 6.03 Å². The third-order valence-corrected chi connectivity index (χ3v) is 4.98. The van der Waals surface area contributed by atoms with Crippen molar-refractivity contribution in [2.75, 3.05) is 19.6 Å². The lowest BCUT2D eigenvalue weighted by Gasteiger charge is -2.35. The number of benzene rings is 1. The Labute approximate surface area is 151 Å². The van der Waals surface area contributed by atoms with Gasteiger partial charge in [0.05, 0.1) is 12.2 Å². The average molecular weight is 348 g/mol. The average Bonchev–Trinajstić information content (AvgIpc) is 2.59. The summed E-state index contributed by atoms with van der Waals surface area (Å²) in [6.07, 6.45) is 1.43. The van der Waals surface area contributed by atoms with Crippen LogP contribution in [0.15, 0.2) is 30.3 Å². The minimum absolute atomic E-state index is 0.0497. The molecule has 1 heterocycles. The van der Waals surface area contributed by atoms with Gasteiger partial charge < -0.3 is 20.4 Å². The van der Waals surface area contributed by atoms with E-state index in [4.69, 9.17) is 0 Å². The number of piperidine rings is 1. The first kappa shape index (κ1) is 19.7. The minimum atomic E-state index is -0.462. The molecule has 25 heavy (non-hydrogen) atoms. The molecule has 0 spiro atoms. The van der Waals surface area contributed by atoms with Crippen molar-refractivity contribution in [3.05, 3.63) is 35.9 Å². The molecule has 2 unspecified atom stereocenters. The predicted octanol–water partition coefficient (Wildman–Crippen LogP) is 2.94. The molecule has 1 fully saturated rings. The standard InChI is InChI=1S/C20H32N2O3/c1-15(23)13-20(2,3)14-21-19(25)22-11-9-17(10-12-22)18(24)16-7-5-4-6-8-16/h4-8,15,17-18,23-24H,9-14H2,1-3H3,(H,21,25). The highest BCUT2D eigenvalue weighted by Crippen LogP contribution is 2.30. The lowest BCUT2D eigenvalue weighted by Crippen LogP contribution is -2.47. The number of aliphatic hydroxyl groups is 2. The molecule has 140 valence electrons. The largest absolute Gasteiger partial charge is 0.393 e. The van der Waals surface area contributed by atoms with Gasteiger partial charge in [0.15, 0.2) is 0 Å². The van der Waals surface area contributed by atoms with Crippen LogP contribution in [-0.2, 0) is 0 Å². The normalized spacial score (nSPS) is 18.7. The molecule has 1 aliphatic rings. The number of hydrogen-bond donors (Lipinski definition) is 3. The summed E-state index contributed by atoms with van der Waals surface area (Å²) in [6, 6.07) is 9.68. The van der Waals surface area contributed by atoms with Gasteiger partial charge in [0.1, 0.15) is 0 Å². The van der Waals surface area contributed by atoms with Crippen molar-refractivity contribution in [1.82, 2.24) is 10.2 Å². The number of rotatable bonds is 6. The van der Waals surface area contributed by atoms with Crippen molar-refractivity contribution in [3.63, 3.8) is 0 Å². The molecule has 0 saturated carbocycles. The Bertz CT molecular complexity index is 537. The van der Waals surface area contributed by atoms with Crippen LogP contribution in [0.25, 0.3) is 0 Å². The van der Waals surface area contributed by atoms with Gasteiger partial charge in [-0.05, 0) is 43.1 Å². The zero-order valence-electron chi connectivity index (χ0n) is 15.6. The number of nitrogens with zero attached hydrogens (tertiary/aromatic N) is 1. The lowest BCUT2D eigenvalue weighted by atomic mass is 9.87. The molecular formula is C20H32N2O3. The Kier molecular flexibility index (Phi) is 6.85. The van der Waals surface area contributed by atoms with E-state index in [1.807, 2.05) is 49.1 Å². The molecule has 2 rings (SSSR count). The first-order valence-corrected chi connectivity index (χ1v) is 9.22. The van der Waals surface area contributed by atoms with Gasteiger partial charge in [0, 0.05) is 19.6 Å². The molecule has 1 aromatic carbocycles. The summed E-state index contributed by atoms with van der Waals surface area (Å²) in [5.41, 5.74) is 0.816. The second-order valence-corrected chi connectivity index (χ2v) is 8.06. The molecule has 0 aromatic heterocycles. The highest BCUT2D eigenvalue weighted by atomic mass is 16.3. The number of urea groups is 1. The lowest BCUT2D eigenvalue weighted by molar-refractivity contribution is 0.0657. The van der Waals surface area contributed by atoms with Gasteiger partial charge in [-0.2, -0.15) is 0 Å². The minimum Gasteiger partial charge on any atom is -0.393 e. The zero-order valence-corrected chi connectivity index (χ0v) is 15.6. The number of nitrogens with one attached hydrogen (secondary N) is 1. The Morgan fingerprint density at radius 3 is 2.40 bits per heavy atom. The van der Waals surface area contributed by atoms with Gasteiger partial charge in [-0.1, -0.05) is 44.2 Å². The molecule has 1 aromatic rings. The van der Waals surface area contributed by atoms with E-state index < -0.39 is 6.10 Å². The summed E-state index contributed by atoms with van der Waals surface area (Å²) in [4.78, 5) is 14.2. The van der Waals surface area contributed by atoms with Crippen molar-refractivity contribution in [3.8, 4) is 0 Å². The molecular weight excluding hydrogens is 316 g/mol. The molecule has 2 atom stereocenters. The Balaban J connectivity index is 1.78. The fourth-order valence-corrected chi connectivity index (χ4v) is 3.64. The van der Waals surface area contributed by atoms with Gasteiger partial charge in [-0.25, -0.2) is 4.79 Å². The van der Waals surface area contributed by atoms with Crippen LogP contribution < -0.4 is 5.32 Å². The van der Waals surface area contributed by atoms with Gasteiger partial charge >= 0.3 is 6.03 Å². The third kappa shape index (κ3) is 6.01. The van der Waals surface area contributed by atoms with Crippen LogP contribution in [0.4, 0.5) is 4.79 Å².